The van der Waals surface area contributed by atoms with Crippen molar-refractivity contribution in [3.05, 3.63) is 59.7 Å². The predicted octanol–water partition coefficient (Wildman–Crippen LogP) is 2.84. The third kappa shape index (κ3) is 3.92. The molecular weight excluding hydrogens is 279 g/mol. The van der Waals surface area contributed by atoms with Crippen molar-refractivity contribution < 1.29 is 9.18 Å². The first-order valence-electron chi connectivity index (χ1n) is 6.14. The molecule has 0 atom stereocenters. The maximum absolute atomic E-state index is 13.6. The molecule has 0 spiro atoms. The summed E-state index contributed by atoms with van der Waals surface area (Å²) in [5.41, 5.74) is 1.19. The summed E-state index contributed by atoms with van der Waals surface area (Å²) in [7, 11) is 3.70. The SMILES string of the molecule is CN(C)CC(=O)c1cccn1Cc1ccccc1F.Cl. The van der Waals surface area contributed by atoms with Crippen LogP contribution in [0.25, 0.3) is 0 Å². The first-order valence-corrected chi connectivity index (χ1v) is 6.14. The second-order valence-corrected chi connectivity index (χ2v) is 4.77. The number of Topliss-reactive ketones (excluding diaryl/α,β-unsaturated/α-hetero) is 1. The molecule has 20 heavy (non-hydrogen) atoms. The molecule has 1 heterocycles. The van der Waals surface area contributed by atoms with Crippen LogP contribution in [0.15, 0.2) is 42.6 Å². The fourth-order valence-corrected chi connectivity index (χ4v) is 1.98. The molecule has 0 saturated heterocycles. The average Bonchev–Trinajstić information content (AvgIpc) is 2.79. The Morgan fingerprint density at radius 2 is 1.90 bits per heavy atom. The number of rotatable bonds is 5. The first kappa shape index (κ1) is 16.4. The van der Waals surface area contributed by atoms with Gasteiger partial charge in [0, 0.05) is 11.8 Å². The fourth-order valence-electron chi connectivity index (χ4n) is 1.98. The summed E-state index contributed by atoms with van der Waals surface area (Å²) in [6, 6.07) is 10.2. The molecule has 2 rings (SSSR count). The van der Waals surface area contributed by atoms with Gasteiger partial charge in [0.2, 0.25) is 0 Å². The van der Waals surface area contributed by atoms with Crippen LogP contribution in [0.1, 0.15) is 16.1 Å². The number of likely N-dealkylation sites (N-methyl/N-ethyl adjacent to an activating group) is 1. The van der Waals surface area contributed by atoms with E-state index in [1.807, 2.05) is 25.1 Å². The predicted molar refractivity (Wildman–Crippen MR) is 80.1 cm³/mol. The van der Waals surface area contributed by atoms with Gasteiger partial charge in [-0.15, -0.1) is 12.4 Å². The summed E-state index contributed by atoms with van der Waals surface area (Å²) in [5.74, 6) is -0.214. The lowest BCUT2D eigenvalue weighted by atomic mass is 10.2. The number of hydrogen-bond donors (Lipinski definition) is 0. The fraction of sp³-hybridized carbons (Fsp3) is 0.267. The molecule has 0 amide bonds. The first-order chi connectivity index (χ1) is 9.08. The minimum atomic E-state index is -0.248. The van der Waals surface area contributed by atoms with E-state index in [0.717, 1.165) is 0 Å². The van der Waals surface area contributed by atoms with Gasteiger partial charge >= 0.3 is 0 Å². The Hall–Kier alpha value is -1.65. The van der Waals surface area contributed by atoms with Crippen molar-refractivity contribution in [3.8, 4) is 0 Å². The Kier molecular flexibility index (Phi) is 5.92. The lowest BCUT2D eigenvalue weighted by molar-refractivity contribution is 0.0949. The highest BCUT2D eigenvalue weighted by atomic mass is 35.5. The van der Waals surface area contributed by atoms with E-state index < -0.39 is 0 Å². The van der Waals surface area contributed by atoms with E-state index in [2.05, 4.69) is 0 Å². The summed E-state index contributed by atoms with van der Waals surface area (Å²) in [6.07, 6.45) is 1.80. The molecule has 5 heteroatoms. The van der Waals surface area contributed by atoms with Gasteiger partial charge in [0.15, 0.2) is 5.78 Å². The van der Waals surface area contributed by atoms with Crippen LogP contribution in [-0.2, 0) is 6.54 Å². The van der Waals surface area contributed by atoms with E-state index in [9.17, 15) is 9.18 Å². The monoisotopic (exact) mass is 296 g/mol. The zero-order valence-electron chi connectivity index (χ0n) is 11.5. The van der Waals surface area contributed by atoms with Crippen molar-refractivity contribution in [2.24, 2.45) is 0 Å². The minimum Gasteiger partial charge on any atom is -0.341 e. The quantitative estimate of drug-likeness (QED) is 0.793. The van der Waals surface area contributed by atoms with Crippen molar-refractivity contribution in [1.82, 2.24) is 9.47 Å². The molecule has 0 fully saturated rings. The van der Waals surface area contributed by atoms with Gasteiger partial charge in [-0.1, -0.05) is 18.2 Å². The summed E-state index contributed by atoms with van der Waals surface area (Å²) >= 11 is 0. The highest BCUT2D eigenvalue weighted by molar-refractivity contribution is 5.96. The largest absolute Gasteiger partial charge is 0.341 e. The molecule has 0 aliphatic heterocycles. The standard InChI is InChI=1S/C15H17FN2O.ClH/c1-17(2)11-15(19)14-8-5-9-18(14)10-12-6-3-4-7-13(12)16;/h3-9H,10-11H2,1-2H3;1H. The van der Waals surface area contributed by atoms with E-state index in [1.165, 1.54) is 6.07 Å². The van der Waals surface area contributed by atoms with Gasteiger partial charge in [0.25, 0.3) is 0 Å². The summed E-state index contributed by atoms with van der Waals surface area (Å²) in [5, 5.41) is 0. The highest BCUT2D eigenvalue weighted by Gasteiger charge is 2.12. The van der Waals surface area contributed by atoms with E-state index in [-0.39, 0.29) is 24.0 Å². The number of carbonyl (C=O) groups is 1. The van der Waals surface area contributed by atoms with Gasteiger partial charge in [0.05, 0.1) is 18.8 Å². The number of nitrogens with zero attached hydrogens (tertiary/aromatic N) is 2. The third-order valence-corrected chi connectivity index (χ3v) is 2.87. The van der Waals surface area contributed by atoms with E-state index in [1.54, 1.807) is 35.0 Å². The summed E-state index contributed by atoms with van der Waals surface area (Å²) < 4.78 is 15.4. The normalized spacial score (nSPS) is 10.4. The van der Waals surface area contributed by atoms with E-state index in [0.29, 0.717) is 24.3 Å². The molecule has 3 nitrogen and oxygen atoms in total. The van der Waals surface area contributed by atoms with E-state index in [4.69, 9.17) is 0 Å². The Balaban J connectivity index is 0.00000200. The Labute approximate surface area is 124 Å². The number of carbonyl (C=O) groups excluding carboxylic acids is 1. The highest BCUT2D eigenvalue weighted by Crippen LogP contribution is 2.12. The molecule has 0 N–H and O–H groups in total. The number of aromatic nitrogens is 1. The van der Waals surface area contributed by atoms with Crippen molar-refractivity contribution in [3.63, 3.8) is 0 Å². The molecule has 0 aliphatic carbocycles. The minimum absolute atomic E-state index is 0. The van der Waals surface area contributed by atoms with E-state index >= 15 is 0 Å². The molecule has 0 unspecified atom stereocenters. The van der Waals surface area contributed by atoms with Gasteiger partial charge in [0.1, 0.15) is 5.82 Å². The van der Waals surface area contributed by atoms with Crippen LogP contribution >= 0.6 is 12.4 Å². The summed E-state index contributed by atoms with van der Waals surface area (Å²) in [4.78, 5) is 13.9. The average molecular weight is 297 g/mol. The van der Waals surface area contributed by atoms with Gasteiger partial charge in [-0.05, 0) is 32.3 Å². The maximum atomic E-state index is 13.6. The van der Waals surface area contributed by atoms with Crippen LogP contribution in [0.5, 0.6) is 0 Å². The Morgan fingerprint density at radius 3 is 2.55 bits per heavy atom. The Morgan fingerprint density at radius 1 is 1.20 bits per heavy atom. The van der Waals surface area contributed by atoms with Crippen molar-refractivity contribution in [2.45, 2.75) is 6.54 Å². The number of hydrogen-bond acceptors (Lipinski definition) is 2. The molecule has 1 aromatic heterocycles. The molecular formula is C15H18ClFN2O. The van der Waals surface area contributed by atoms with Crippen molar-refractivity contribution in [2.75, 3.05) is 20.6 Å². The number of benzene rings is 1. The Bertz CT molecular complexity index is 581. The van der Waals surface area contributed by atoms with Crippen LogP contribution in [0, 0.1) is 5.82 Å². The van der Waals surface area contributed by atoms with Gasteiger partial charge in [-0.3, -0.25) is 4.79 Å². The van der Waals surface area contributed by atoms with Crippen LogP contribution in [0.4, 0.5) is 4.39 Å². The van der Waals surface area contributed by atoms with Crippen molar-refractivity contribution >= 4 is 18.2 Å². The second-order valence-electron chi connectivity index (χ2n) is 4.77. The van der Waals surface area contributed by atoms with Gasteiger partial charge < -0.3 is 9.47 Å². The van der Waals surface area contributed by atoms with Crippen LogP contribution < -0.4 is 0 Å². The molecule has 2 aromatic rings. The maximum Gasteiger partial charge on any atom is 0.193 e. The number of halogens is 2. The van der Waals surface area contributed by atoms with Crippen LogP contribution in [0.3, 0.4) is 0 Å². The van der Waals surface area contributed by atoms with Crippen molar-refractivity contribution in [1.29, 1.82) is 0 Å². The topological polar surface area (TPSA) is 25.2 Å². The van der Waals surface area contributed by atoms with Crippen LogP contribution in [0.2, 0.25) is 0 Å². The van der Waals surface area contributed by atoms with Crippen LogP contribution in [-0.4, -0.2) is 35.9 Å². The molecule has 0 aliphatic rings. The molecule has 0 saturated carbocycles. The third-order valence-electron chi connectivity index (χ3n) is 2.87. The second kappa shape index (κ2) is 7.22. The lowest BCUT2D eigenvalue weighted by Gasteiger charge is -2.12. The smallest absolute Gasteiger partial charge is 0.193 e. The van der Waals surface area contributed by atoms with Gasteiger partial charge in [-0.2, -0.15) is 0 Å². The molecule has 1 aromatic carbocycles. The molecule has 0 bridgehead atoms. The summed E-state index contributed by atoms with van der Waals surface area (Å²) in [6.45, 7) is 0.718. The number of ketones is 1. The molecule has 108 valence electrons. The molecule has 0 radical (unpaired) electrons. The zero-order valence-corrected chi connectivity index (χ0v) is 12.4. The zero-order chi connectivity index (χ0) is 13.8. The van der Waals surface area contributed by atoms with Gasteiger partial charge in [-0.25, -0.2) is 4.39 Å². The lowest BCUT2D eigenvalue weighted by Crippen LogP contribution is -2.23.